The van der Waals surface area contributed by atoms with E-state index >= 15 is 0 Å². The van der Waals surface area contributed by atoms with Crippen LogP contribution < -0.4 is 15.5 Å². The highest BCUT2D eigenvalue weighted by molar-refractivity contribution is 5.92. The van der Waals surface area contributed by atoms with Gasteiger partial charge in [-0.15, -0.1) is 0 Å². The SMILES string of the molecule is CCN1c2cc(C(=O)O)ccc2NC1CNC(=O)OCc1ccccc1. The Balaban J connectivity index is 1.56. The van der Waals surface area contributed by atoms with Crippen LogP contribution in [0.5, 0.6) is 0 Å². The molecule has 26 heavy (non-hydrogen) atoms. The average Bonchev–Trinajstić information content (AvgIpc) is 3.02. The number of carboxylic acids is 1. The van der Waals surface area contributed by atoms with E-state index in [1.807, 2.05) is 42.2 Å². The van der Waals surface area contributed by atoms with E-state index in [-0.39, 0.29) is 18.3 Å². The lowest BCUT2D eigenvalue weighted by Crippen LogP contribution is -2.45. The number of amides is 1. The number of hydrogen-bond acceptors (Lipinski definition) is 5. The minimum atomic E-state index is -0.963. The predicted molar refractivity (Wildman–Crippen MR) is 98.5 cm³/mol. The number of fused-ring (bicyclic) bond motifs is 1. The molecule has 1 aliphatic rings. The first-order valence-electron chi connectivity index (χ1n) is 8.43. The lowest BCUT2D eigenvalue weighted by atomic mass is 10.1. The summed E-state index contributed by atoms with van der Waals surface area (Å²) in [5.74, 6) is -0.963. The lowest BCUT2D eigenvalue weighted by Gasteiger charge is -2.25. The van der Waals surface area contributed by atoms with Crippen LogP contribution in [0.2, 0.25) is 0 Å². The van der Waals surface area contributed by atoms with Gasteiger partial charge in [-0.1, -0.05) is 30.3 Å². The Morgan fingerprint density at radius 3 is 2.69 bits per heavy atom. The Morgan fingerprint density at radius 1 is 1.23 bits per heavy atom. The summed E-state index contributed by atoms with van der Waals surface area (Å²) in [4.78, 5) is 25.1. The normalized spacial score (nSPS) is 15.1. The van der Waals surface area contributed by atoms with Crippen molar-refractivity contribution in [2.45, 2.75) is 19.7 Å². The Kier molecular flexibility index (Phi) is 5.26. The van der Waals surface area contributed by atoms with E-state index in [0.29, 0.717) is 13.1 Å². The van der Waals surface area contributed by atoms with Gasteiger partial charge in [0, 0.05) is 6.54 Å². The fourth-order valence-electron chi connectivity index (χ4n) is 2.96. The van der Waals surface area contributed by atoms with Crippen molar-refractivity contribution < 1.29 is 19.4 Å². The summed E-state index contributed by atoms with van der Waals surface area (Å²) < 4.78 is 5.21. The van der Waals surface area contributed by atoms with Gasteiger partial charge < -0.3 is 25.4 Å². The van der Waals surface area contributed by atoms with Crippen LogP contribution in [0.4, 0.5) is 16.2 Å². The van der Waals surface area contributed by atoms with Crippen molar-refractivity contribution in [1.82, 2.24) is 5.32 Å². The number of ether oxygens (including phenoxy) is 1. The molecule has 7 nitrogen and oxygen atoms in total. The zero-order valence-corrected chi connectivity index (χ0v) is 14.4. The first-order valence-corrected chi connectivity index (χ1v) is 8.43. The molecule has 2 aromatic rings. The van der Waals surface area contributed by atoms with Crippen molar-refractivity contribution in [3.05, 3.63) is 59.7 Å². The smallest absolute Gasteiger partial charge is 0.407 e. The molecule has 0 radical (unpaired) electrons. The first kappa shape index (κ1) is 17.6. The number of carbonyl (C=O) groups is 2. The van der Waals surface area contributed by atoms with Gasteiger partial charge in [-0.25, -0.2) is 9.59 Å². The van der Waals surface area contributed by atoms with Crippen molar-refractivity contribution in [3.63, 3.8) is 0 Å². The molecule has 0 aromatic heterocycles. The van der Waals surface area contributed by atoms with Gasteiger partial charge in [0.05, 0.1) is 23.5 Å². The van der Waals surface area contributed by atoms with Gasteiger partial charge in [-0.2, -0.15) is 0 Å². The van der Waals surface area contributed by atoms with Crippen LogP contribution in [0.1, 0.15) is 22.8 Å². The third kappa shape index (κ3) is 3.88. The van der Waals surface area contributed by atoms with Crippen molar-refractivity contribution in [1.29, 1.82) is 0 Å². The van der Waals surface area contributed by atoms with Gasteiger partial charge in [-0.05, 0) is 30.7 Å². The third-order valence-electron chi connectivity index (χ3n) is 4.25. The van der Waals surface area contributed by atoms with Crippen molar-refractivity contribution in [2.24, 2.45) is 0 Å². The molecule has 0 aliphatic carbocycles. The van der Waals surface area contributed by atoms with E-state index in [2.05, 4.69) is 10.6 Å². The van der Waals surface area contributed by atoms with E-state index in [0.717, 1.165) is 16.9 Å². The quantitative estimate of drug-likeness (QED) is 0.738. The van der Waals surface area contributed by atoms with Gasteiger partial charge in [0.15, 0.2) is 0 Å². The highest BCUT2D eigenvalue weighted by Gasteiger charge is 2.28. The minimum absolute atomic E-state index is 0.164. The summed E-state index contributed by atoms with van der Waals surface area (Å²) in [7, 11) is 0. The van der Waals surface area contributed by atoms with E-state index in [4.69, 9.17) is 9.84 Å². The molecule has 0 bridgehead atoms. The molecule has 2 aromatic carbocycles. The van der Waals surface area contributed by atoms with Gasteiger partial charge in [-0.3, -0.25) is 0 Å². The summed E-state index contributed by atoms with van der Waals surface area (Å²) in [5, 5.41) is 15.2. The molecule has 7 heteroatoms. The molecule has 1 amide bonds. The van der Waals surface area contributed by atoms with E-state index in [1.165, 1.54) is 0 Å². The van der Waals surface area contributed by atoms with E-state index in [9.17, 15) is 9.59 Å². The second-order valence-corrected chi connectivity index (χ2v) is 5.93. The Bertz CT molecular complexity index is 795. The van der Waals surface area contributed by atoms with E-state index < -0.39 is 12.1 Å². The molecule has 1 aliphatic heterocycles. The summed E-state index contributed by atoms with van der Waals surface area (Å²) in [6, 6.07) is 14.4. The van der Waals surface area contributed by atoms with Crippen LogP contribution in [0.15, 0.2) is 48.5 Å². The first-order chi connectivity index (χ1) is 12.6. The summed E-state index contributed by atoms with van der Waals surface area (Å²) >= 11 is 0. The van der Waals surface area contributed by atoms with Crippen LogP contribution in [0.3, 0.4) is 0 Å². The molecular formula is C19H21N3O4. The molecule has 3 rings (SSSR count). The Morgan fingerprint density at radius 2 is 2.00 bits per heavy atom. The number of alkyl carbamates (subject to hydrolysis) is 1. The number of benzene rings is 2. The predicted octanol–water partition coefficient (Wildman–Crippen LogP) is 2.89. The van der Waals surface area contributed by atoms with Crippen molar-refractivity contribution >= 4 is 23.4 Å². The van der Waals surface area contributed by atoms with Gasteiger partial charge >= 0.3 is 12.1 Å². The zero-order valence-electron chi connectivity index (χ0n) is 14.4. The fourth-order valence-corrected chi connectivity index (χ4v) is 2.96. The number of nitrogens with one attached hydrogen (secondary N) is 2. The Hall–Kier alpha value is -3.22. The molecule has 1 atom stereocenters. The molecule has 0 saturated carbocycles. The molecule has 1 unspecified atom stereocenters. The standard InChI is InChI=1S/C19H21N3O4/c1-2-22-16-10-14(18(23)24)8-9-15(16)21-17(22)11-20-19(25)26-12-13-6-4-3-5-7-13/h3-10,17,21H,2,11-12H2,1H3,(H,20,25)(H,23,24). The number of carboxylic acid groups (broad SMARTS) is 1. The second-order valence-electron chi connectivity index (χ2n) is 5.93. The molecule has 3 N–H and O–H groups in total. The highest BCUT2D eigenvalue weighted by Crippen LogP contribution is 2.35. The maximum atomic E-state index is 11.9. The number of rotatable bonds is 6. The number of aromatic carboxylic acids is 1. The third-order valence-corrected chi connectivity index (χ3v) is 4.25. The largest absolute Gasteiger partial charge is 0.478 e. The molecule has 136 valence electrons. The summed E-state index contributed by atoms with van der Waals surface area (Å²) in [6.07, 6.45) is -0.655. The number of hydrogen-bond donors (Lipinski definition) is 3. The number of carbonyl (C=O) groups excluding carboxylic acids is 1. The Labute approximate surface area is 151 Å². The molecule has 0 saturated heterocycles. The van der Waals surface area contributed by atoms with Crippen molar-refractivity contribution in [3.8, 4) is 0 Å². The van der Waals surface area contributed by atoms with Crippen LogP contribution in [0, 0.1) is 0 Å². The number of nitrogens with zero attached hydrogens (tertiary/aromatic N) is 1. The maximum Gasteiger partial charge on any atom is 0.407 e. The zero-order chi connectivity index (χ0) is 18.5. The minimum Gasteiger partial charge on any atom is -0.478 e. The van der Waals surface area contributed by atoms with Gasteiger partial charge in [0.2, 0.25) is 0 Å². The average molecular weight is 355 g/mol. The molecular weight excluding hydrogens is 334 g/mol. The van der Waals surface area contributed by atoms with E-state index in [1.54, 1.807) is 18.2 Å². The van der Waals surface area contributed by atoms with Crippen LogP contribution >= 0.6 is 0 Å². The van der Waals surface area contributed by atoms with Crippen LogP contribution in [-0.2, 0) is 11.3 Å². The van der Waals surface area contributed by atoms with Crippen LogP contribution in [0.25, 0.3) is 0 Å². The van der Waals surface area contributed by atoms with Crippen LogP contribution in [-0.4, -0.2) is 36.4 Å². The number of likely N-dealkylation sites (N-methyl/N-ethyl adjacent to an activating group) is 1. The molecule has 1 heterocycles. The fraction of sp³-hybridized carbons (Fsp3) is 0.263. The van der Waals surface area contributed by atoms with Gasteiger partial charge in [0.1, 0.15) is 12.8 Å². The maximum absolute atomic E-state index is 11.9. The molecule has 0 fully saturated rings. The summed E-state index contributed by atoms with van der Waals surface area (Å²) in [5.41, 5.74) is 2.82. The topological polar surface area (TPSA) is 90.9 Å². The lowest BCUT2D eigenvalue weighted by molar-refractivity contribution is 0.0697. The molecule has 0 spiro atoms. The summed E-state index contributed by atoms with van der Waals surface area (Å²) in [6.45, 7) is 3.20. The number of anilines is 2. The van der Waals surface area contributed by atoms with Crippen molar-refractivity contribution in [2.75, 3.05) is 23.3 Å². The second kappa shape index (κ2) is 7.77. The van der Waals surface area contributed by atoms with Gasteiger partial charge in [0.25, 0.3) is 0 Å². The monoisotopic (exact) mass is 355 g/mol. The highest BCUT2D eigenvalue weighted by atomic mass is 16.5.